The van der Waals surface area contributed by atoms with Gasteiger partial charge in [0.05, 0.1) is 30.1 Å². The molecule has 1 atom stereocenters. The molecule has 5 rings (SSSR count). The minimum Gasteiger partial charge on any atom is -0.461 e. The minimum absolute atomic E-state index is 0.0175. The van der Waals surface area contributed by atoms with Crippen molar-refractivity contribution in [1.29, 1.82) is 5.26 Å². The average Bonchev–Trinajstić information content (AvgIpc) is 3.30. The molecule has 2 aromatic carbocycles. The van der Waals surface area contributed by atoms with E-state index >= 15 is 0 Å². The van der Waals surface area contributed by atoms with Crippen molar-refractivity contribution in [2.45, 2.75) is 32.7 Å². The third-order valence-electron chi connectivity index (χ3n) is 6.64. The molecule has 0 fully saturated rings. The van der Waals surface area contributed by atoms with Crippen LogP contribution >= 0.6 is 11.6 Å². The lowest BCUT2D eigenvalue weighted by molar-refractivity contribution is 0.0517. The molecule has 1 aliphatic rings. The van der Waals surface area contributed by atoms with Crippen molar-refractivity contribution >= 4 is 34.2 Å². The van der Waals surface area contributed by atoms with Gasteiger partial charge in [0, 0.05) is 28.8 Å². The molecule has 9 nitrogen and oxygen atoms in total. The maximum atomic E-state index is 13.0. The standard InChI is InChI=1S/C29H27ClN6O3/c1-3-17-5-7-18(8-6-17)24-21(16-31)27(32)39-28-25(24)26(29(37)38-4-2)35-36(28)14-13-34-22-11-12-33-23-15-19(30)9-10-20(22)23/h5-12,15,24H,3-4,13-14,32H2,1-2H3,(H,33,34). The molecule has 3 heterocycles. The highest BCUT2D eigenvalue weighted by molar-refractivity contribution is 6.31. The Bertz CT molecular complexity index is 1620. The summed E-state index contributed by atoms with van der Waals surface area (Å²) < 4.78 is 12.8. The van der Waals surface area contributed by atoms with E-state index < -0.39 is 11.9 Å². The molecular formula is C29H27ClN6O3. The molecule has 0 amide bonds. The summed E-state index contributed by atoms with van der Waals surface area (Å²) >= 11 is 6.12. The smallest absolute Gasteiger partial charge is 0.359 e. The van der Waals surface area contributed by atoms with E-state index in [0.717, 1.165) is 34.1 Å². The number of nitrogens with two attached hydrogens (primary N) is 1. The number of aromatic nitrogens is 3. The van der Waals surface area contributed by atoms with Gasteiger partial charge in [-0.05, 0) is 48.7 Å². The zero-order valence-corrected chi connectivity index (χ0v) is 22.3. The molecule has 1 aliphatic heterocycles. The first-order chi connectivity index (χ1) is 18.9. The number of nitriles is 1. The zero-order valence-electron chi connectivity index (χ0n) is 21.6. The number of allylic oxidation sites excluding steroid dienone is 1. The second-order valence-corrected chi connectivity index (χ2v) is 9.41. The Labute approximate surface area is 230 Å². The third kappa shape index (κ3) is 4.99. The number of esters is 1. The summed E-state index contributed by atoms with van der Waals surface area (Å²) in [6, 6.07) is 17.5. The van der Waals surface area contributed by atoms with Gasteiger partial charge < -0.3 is 20.5 Å². The van der Waals surface area contributed by atoms with Crippen molar-refractivity contribution in [1.82, 2.24) is 14.8 Å². The summed E-state index contributed by atoms with van der Waals surface area (Å²) in [6.07, 6.45) is 2.59. The topological polar surface area (TPSA) is 128 Å². The average molecular weight is 543 g/mol. The molecule has 198 valence electrons. The molecule has 0 aliphatic carbocycles. The van der Waals surface area contributed by atoms with Gasteiger partial charge in [-0.2, -0.15) is 10.4 Å². The molecule has 2 aromatic heterocycles. The van der Waals surface area contributed by atoms with E-state index in [4.69, 9.17) is 26.8 Å². The maximum Gasteiger partial charge on any atom is 0.359 e. The van der Waals surface area contributed by atoms with Gasteiger partial charge in [0.15, 0.2) is 5.69 Å². The second kappa shape index (κ2) is 11.1. The van der Waals surface area contributed by atoms with E-state index in [1.54, 1.807) is 23.9 Å². The Morgan fingerprint density at radius 3 is 2.74 bits per heavy atom. The van der Waals surface area contributed by atoms with Crippen LogP contribution in [0.25, 0.3) is 10.9 Å². The van der Waals surface area contributed by atoms with Gasteiger partial charge in [-0.1, -0.05) is 42.8 Å². The summed E-state index contributed by atoms with van der Waals surface area (Å²) in [7, 11) is 0. The lowest BCUT2D eigenvalue weighted by Gasteiger charge is -2.25. The SMILES string of the molecule is CCOC(=O)c1nn(CCNc2ccnc3cc(Cl)ccc23)c2c1C(c1ccc(CC)cc1)C(C#N)=C(N)O2. The summed E-state index contributed by atoms with van der Waals surface area (Å²) in [5.41, 5.74) is 10.6. The number of carbonyl (C=O) groups excluding carboxylic acids is 1. The quantitative estimate of drug-likeness (QED) is 0.292. The molecule has 39 heavy (non-hydrogen) atoms. The Morgan fingerprint density at radius 2 is 2.03 bits per heavy atom. The summed E-state index contributed by atoms with van der Waals surface area (Å²) in [6.45, 7) is 4.78. The van der Waals surface area contributed by atoms with Crippen LogP contribution in [0.3, 0.4) is 0 Å². The van der Waals surface area contributed by atoms with E-state index in [0.29, 0.717) is 29.6 Å². The Hall–Kier alpha value is -4.55. The Balaban J connectivity index is 1.52. The highest BCUT2D eigenvalue weighted by atomic mass is 35.5. The number of carbonyl (C=O) groups is 1. The zero-order chi connectivity index (χ0) is 27.5. The van der Waals surface area contributed by atoms with Crippen molar-refractivity contribution in [2.24, 2.45) is 5.73 Å². The van der Waals surface area contributed by atoms with Gasteiger partial charge in [-0.25, -0.2) is 9.48 Å². The summed E-state index contributed by atoms with van der Waals surface area (Å²) in [5.74, 6) is -0.919. The molecule has 4 aromatic rings. The maximum absolute atomic E-state index is 13.0. The normalized spacial score (nSPS) is 14.5. The number of ether oxygens (including phenoxy) is 2. The predicted octanol–water partition coefficient (Wildman–Crippen LogP) is 5.15. The van der Waals surface area contributed by atoms with E-state index in [1.165, 1.54) is 0 Å². The number of halogens is 1. The second-order valence-electron chi connectivity index (χ2n) is 8.98. The van der Waals surface area contributed by atoms with Crippen molar-refractivity contribution in [3.8, 4) is 11.9 Å². The Kier molecular flexibility index (Phi) is 7.39. The first-order valence-corrected chi connectivity index (χ1v) is 13.0. The molecule has 0 spiro atoms. The van der Waals surface area contributed by atoms with E-state index in [9.17, 15) is 10.1 Å². The largest absolute Gasteiger partial charge is 0.461 e. The highest BCUT2D eigenvalue weighted by Gasteiger charge is 2.39. The van der Waals surface area contributed by atoms with Crippen LogP contribution in [-0.4, -0.2) is 33.9 Å². The monoisotopic (exact) mass is 542 g/mol. The van der Waals surface area contributed by atoms with Crippen molar-refractivity contribution in [3.05, 3.63) is 93.6 Å². The van der Waals surface area contributed by atoms with Crippen molar-refractivity contribution in [3.63, 3.8) is 0 Å². The Morgan fingerprint density at radius 1 is 1.23 bits per heavy atom. The van der Waals surface area contributed by atoms with Crippen LogP contribution in [0, 0.1) is 11.3 Å². The van der Waals surface area contributed by atoms with Gasteiger partial charge in [-0.3, -0.25) is 4.98 Å². The van der Waals surface area contributed by atoms with Gasteiger partial charge >= 0.3 is 5.97 Å². The first-order valence-electron chi connectivity index (χ1n) is 12.7. The van der Waals surface area contributed by atoms with E-state index in [-0.39, 0.29) is 23.8 Å². The third-order valence-corrected chi connectivity index (χ3v) is 6.88. The molecule has 10 heteroatoms. The molecule has 0 bridgehead atoms. The first kappa shape index (κ1) is 26.1. The van der Waals surface area contributed by atoms with Crippen LogP contribution in [0.1, 0.15) is 46.9 Å². The number of nitrogens with one attached hydrogen (secondary N) is 1. The van der Waals surface area contributed by atoms with Gasteiger partial charge in [-0.15, -0.1) is 0 Å². The fourth-order valence-corrected chi connectivity index (χ4v) is 4.91. The van der Waals surface area contributed by atoms with Crippen LogP contribution < -0.4 is 15.8 Å². The van der Waals surface area contributed by atoms with E-state index in [2.05, 4.69) is 28.4 Å². The minimum atomic E-state index is -0.625. The number of hydrogen-bond donors (Lipinski definition) is 2. The number of nitrogens with zero attached hydrogens (tertiary/aromatic N) is 4. The van der Waals surface area contributed by atoms with Crippen LogP contribution in [0.15, 0.2) is 66.2 Å². The predicted molar refractivity (Wildman–Crippen MR) is 149 cm³/mol. The lowest BCUT2D eigenvalue weighted by atomic mass is 9.83. The van der Waals surface area contributed by atoms with E-state index in [1.807, 2.05) is 42.5 Å². The fraction of sp³-hybridized carbons (Fsp3) is 0.241. The number of hydrogen-bond acceptors (Lipinski definition) is 8. The number of aryl methyl sites for hydroxylation is 1. The number of anilines is 1. The molecule has 1 unspecified atom stereocenters. The van der Waals surface area contributed by atoms with Crippen LogP contribution in [-0.2, 0) is 17.7 Å². The molecule has 3 N–H and O–H groups in total. The number of fused-ring (bicyclic) bond motifs is 2. The van der Waals surface area contributed by atoms with Crippen LogP contribution in [0.5, 0.6) is 5.88 Å². The van der Waals surface area contributed by atoms with Crippen LogP contribution in [0.2, 0.25) is 5.02 Å². The number of rotatable bonds is 8. The molecule has 0 radical (unpaired) electrons. The molecular weight excluding hydrogens is 516 g/mol. The number of pyridine rings is 1. The van der Waals surface area contributed by atoms with Crippen molar-refractivity contribution in [2.75, 3.05) is 18.5 Å². The fourth-order valence-electron chi connectivity index (χ4n) is 4.75. The van der Waals surface area contributed by atoms with Crippen molar-refractivity contribution < 1.29 is 14.3 Å². The van der Waals surface area contributed by atoms with Crippen LogP contribution in [0.4, 0.5) is 5.69 Å². The van der Waals surface area contributed by atoms with Gasteiger partial charge in [0.2, 0.25) is 11.8 Å². The van der Waals surface area contributed by atoms with Gasteiger partial charge in [0.1, 0.15) is 11.6 Å². The highest BCUT2D eigenvalue weighted by Crippen LogP contribution is 2.44. The molecule has 0 saturated carbocycles. The van der Waals surface area contributed by atoms with Gasteiger partial charge in [0.25, 0.3) is 0 Å². The summed E-state index contributed by atoms with van der Waals surface area (Å²) in [5, 5.41) is 19.5. The lowest BCUT2D eigenvalue weighted by Crippen LogP contribution is -2.23. The molecule has 0 saturated heterocycles. The summed E-state index contributed by atoms with van der Waals surface area (Å²) in [4.78, 5) is 17.4. The number of benzene rings is 2.